The molecule has 8 heteroatoms. The number of nitrogens with zero attached hydrogens (tertiary/aromatic N) is 1. The molecule has 1 saturated heterocycles. The Morgan fingerprint density at radius 2 is 1.79 bits per heavy atom. The second-order valence-corrected chi connectivity index (χ2v) is 6.77. The maximum atomic E-state index is 12.5. The molecule has 2 heterocycles. The van der Waals surface area contributed by atoms with Crippen molar-refractivity contribution < 1.29 is 28.6 Å². The maximum absolute atomic E-state index is 12.5. The SMILES string of the molecule is O=C1C=C(c2oc3cc(CN4CCOCC4)ccc3c(=O)c2O)C(=O)CC1=O. The second kappa shape index (κ2) is 7.14. The number of carbonyl (C=O) groups excluding carboxylic acids is 3. The van der Waals surface area contributed by atoms with Crippen molar-refractivity contribution in [1.29, 1.82) is 0 Å². The van der Waals surface area contributed by atoms with Gasteiger partial charge >= 0.3 is 0 Å². The third-order valence-electron chi connectivity index (χ3n) is 4.86. The van der Waals surface area contributed by atoms with Gasteiger partial charge in [-0.15, -0.1) is 0 Å². The summed E-state index contributed by atoms with van der Waals surface area (Å²) in [6, 6.07) is 5.02. The third kappa shape index (κ3) is 3.28. The van der Waals surface area contributed by atoms with E-state index in [-0.39, 0.29) is 22.3 Å². The van der Waals surface area contributed by atoms with E-state index >= 15 is 0 Å². The zero-order valence-corrected chi connectivity index (χ0v) is 14.9. The van der Waals surface area contributed by atoms with Crippen molar-refractivity contribution >= 4 is 33.9 Å². The van der Waals surface area contributed by atoms with Crippen LogP contribution in [0, 0.1) is 0 Å². The summed E-state index contributed by atoms with van der Waals surface area (Å²) < 4.78 is 11.0. The Morgan fingerprint density at radius 1 is 1.04 bits per heavy atom. The lowest BCUT2D eigenvalue weighted by Crippen LogP contribution is -2.35. The fourth-order valence-corrected chi connectivity index (χ4v) is 3.34. The first-order valence-corrected chi connectivity index (χ1v) is 8.85. The van der Waals surface area contributed by atoms with Gasteiger partial charge in [0.2, 0.25) is 22.7 Å². The highest BCUT2D eigenvalue weighted by Gasteiger charge is 2.31. The van der Waals surface area contributed by atoms with Crippen molar-refractivity contribution in [1.82, 2.24) is 4.90 Å². The molecule has 28 heavy (non-hydrogen) atoms. The van der Waals surface area contributed by atoms with Crippen LogP contribution in [0.15, 0.2) is 33.5 Å². The van der Waals surface area contributed by atoms with Gasteiger partial charge in [0.25, 0.3) is 0 Å². The third-order valence-corrected chi connectivity index (χ3v) is 4.86. The van der Waals surface area contributed by atoms with Gasteiger partial charge < -0.3 is 14.3 Å². The molecule has 144 valence electrons. The van der Waals surface area contributed by atoms with Crippen molar-refractivity contribution in [3.8, 4) is 5.75 Å². The van der Waals surface area contributed by atoms with Crippen LogP contribution in [0.5, 0.6) is 5.75 Å². The molecule has 4 rings (SSSR count). The normalized spacial score (nSPS) is 18.6. The zero-order valence-electron chi connectivity index (χ0n) is 14.9. The Labute approximate surface area is 159 Å². The van der Waals surface area contributed by atoms with Crippen LogP contribution in [0.2, 0.25) is 0 Å². The number of rotatable bonds is 3. The van der Waals surface area contributed by atoms with E-state index in [0.29, 0.717) is 19.8 Å². The van der Waals surface area contributed by atoms with Crippen LogP contribution < -0.4 is 5.43 Å². The highest BCUT2D eigenvalue weighted by Crippen LogP contribution is 2.30. The number of benzene rings is 1. The summed E-state index contributed by atoms with van der Waals surface area (Å²) >= 11 is 0. The molecule has 1 fully saturated rings. The van der Waals surface area contributed by atoms with Crippen molar-refractivity contribution in [3.63, 3.8) is 0 Å². The largest absolute Gasteiger partial charge is 0.502 e. The van der Waals surface area contributed by atoms with Crippen LogP contribution in [-0.2, 0) is 25.7 Å². The quantitative estimate of drug-likeness (QED) is 0.612. The van der Waals surface area contributed by atoms with Crippen LogP contribution in [0.1, 0.15) is 17.7 Å². The summed E-state index contributed by atoms with van der Waals surface area (Å²) in [4.78, 5) is 49.9. The van der Waals surface area contributed by atoms with Gasteiger partial charge in [-0.1, -0.05) is 6.07 Å². The average Bonchev–Trinajstić information content (AvgIpc) is 2.68. The number of hydrogen-bond acceptors (Lipinski definition) is 8. The number of hydrogen-bond donors (Lipinski definition) is 1. The van der Waals surface area contributed by atoms with Gasteiger partial charge in [0.1, 0.15) is 5.58 Å². The number of ether oxygens (including phenoxy) is 1. The minimum absolute atomic E-state index is 0.165. The predicted octanol–water partition coefficient (Wildman–Crippen LogP) is 0.825. The molecule has 0 amide bonds. The molecule has 1 aliphatic carbocycles. The van der Waals surface area contributed by atoms with E-state index in [1.165, 1.54) is 0 Å². The molecule has 1 aromatic heterocycles. The van der Waals surface area contributed by atoms with E-state index in [4.69, 9.17) is 9.15 Å². The Morgan fingerprint density at radius 3 is 2.54 bits per heavy atom. The summed E-state index contributed by atoms with van der Waals surface area (Å²) in [5.74, 6) is -3.50. The van der Waals surface area contributed by atoms with Crippen LogP contribution in [0.3, 0.4) is 0 Å². The molecule has 0 spiro atoms. The summed E-state index contributed by atoms with van der Waals surface area (Å²) in [5.41, 5.74) is 0.123. The molecule has 0 atom stereocenters. The van der Waals surface area contributed by atoms with Gasteiger partial charge in [-0.3, -0.25) is 24.1 Å². The number of ketones is 3. The van der Waals surface area contributed by atoms with Gasteiger partial charge in [0.15, 0.2) is 11.5 Å². The summed E-state index contributed by atoms with van der Waals surface area (Å²) in [7, 11) is 0. The van der Waals surface area contributed by atoms with Crippen LogP contribution >= 0.6 is 0 Å². The lowest BCUT2D eigenvalue weighted by Gasteiger charge is -2.26. The monoisotopic (exact) mass is 383 g/mol. The standard InChI is InChI=1S/C20H17NO7/c22-14-9-16(24)15(23)8-13(14)20-19(26)18(25)12-2-1-11(7-17(12)28-20)10-21-3-5-27-6-4-21/h1-2,7-8,26H,3-6,9-10H2. The first kappa shape index (κ1) is 18.3. The van der Waals surface area contributed by atoms with Gasteiger partial charge in [-0.25, -0.2) is 0 Å². The number of carbonyl (C=O) groups is 3. The van der Waals surface area contributed by atoms with E-state index in [0.717, 1.165) is 24.7 Å². The topological polar surface area (TPSA) is 114 Å². The minimum Gasteiger partial charge on any atom is -0.502 e. The van der Waals surface area contributed by atoms with Crippen molar-refractivity contribution in [3.05, 3.63) is 45.8 Å². The first-order chi connectivity index (χ1) is 13.4. The number of fused-ring (bicyclic) bond motifs is 1. The summed E-state index contributed by atoms with van der Waals surface area (Å²) in [6.45, 7) is 3.53. The second-order valence-electron chi connectivity index (χ2n) is 6.77. The Kier molecular flexibility index (Phi) is 4.66. The molecular weight excluding hydrogens is 366 g/mol. The van der Waals surface area contributed by atoms with Crippen molar-refractivity contribution in [2.75, 3.05) is 26.3 Å². The lowest BCUT2D eigenvalue weighted by molar-refractivity contribution is -0.136. The van der Waals surface area contributed by atoms with E-state index in [1.54, 1.807) is 18.2 Å². The smallest absolute Gasteiger partial charge is 0.235 e. The Hall–Kier alpha value is -3.10. The van der Waals surface area contributed by atoms with Crippen LogP contribution in [-0.4, -0.2) is 53.7 Å². The van der Waals surface area contributed by atoms with Crippen LogP contribution in [0.25, 0.3) is 16.5 Å². The van der Waals surface area contributed by atoms with Gasteiger partial charge in [0, 0.05) is 25.7 Å². The molecule has 0 saturated carbocycles. The fourth-order valence-electron chi connectivity index (χ4n) is 3.34. The summed E-state index contributed by atoms with van der Waals surface area (Å²) in [6.07, 6.45) is 0.207. The summed E-state index contributed by atoms with van der Waals surface area (Å²) in [5, 5.41) is 10.4. The van der Waals surface area contributed by atoms with E-state index in [2.05, 4.69) is 4.90 Å². The van der Waals surface area contributed by atoms with E-state index in [9.17, 15) is 24.3 Å². The van der Waals surface area contributed by atoms with E-state index in [1.807, 2.05) is 0 Å². The average molecular weight is 383 g/mol. The zero-order chi connectivity index (χ0) is 19.8. The van der Waals surface area contributed by atoms with Gasteiger partial charge in [0.05, 0.1) is 30.6 Å². The van der Waals surface area contributed by atoms with Gasteiger partial charge in [-0.2, -0.15) is 0 Å². The fraction of sp³-hybridized carbons (Fsp3) is 0.300. The maximum Gasteiger partial charge on any atom is 0.235 e. The molecular formula is C20H17NO7. The van der Waals surface area contributed by atoms with Crippen molar-refractivity contribution in [2.45, 2.75) is 13.0 Å². The molecule has 0 bridgehead atoms. The van der Waals surface area contributed by atoms with Crippen LogP contribution in [0.4, 0.5) is 0 Å². The Bertz CT molecular complexity index is 1090. The highest BCUT2D eigenvalue weighted by atomic mass is 16.5. The number of allylic oxidation sites excluding steroid dienone is 2. The first-order valence-electron chi connectivity index (χ1n) is 8.85. The van der Waals surface area contributed by atoms with E-state index < -0.39 is 34.9 Å². The molecule has 2 aliphatic rings. The lowest BCUT2D eigenvalue weighted by atomic mass is 9.93. The highest BCUT2D eigenvalue weighted by molar-refractivity contribution is 6.53. The molecule has 1 aliphatic heterocycles. The minimum atomic E-state index is -0.863. The molecule has 1 N–H and O–H groups in total. The number of Topliss-reactive ketones (excluding diaryl/α,β-unsaturated/α-hetero) is 2. The Balaban J connectivity index is 1.77. The molecule has 0 radical (unpaired) electrons. The molecule has 2 aromatic rings. The molecule has 1 aromatic carbocycles. The number of morpholine rings is 1. The van der Waals surface area contributed by atoms with Crippen molar-refractivity contribution in [2.24, 2.45) is 0 Å². The molecule has 8 nitrogen and oxygen atoms in total. The molecule has 0 unspecified atom stereocenters. The predicted molar refractivity (Wildman–Crippen MR) is 97.9 cm³/mol. The van der Waals surface area contributed by atoms with Gasteiger partial charge in [-0.05, 0) is 17.7 Å². The number of aromatic hydroxyl groups is 1.